The Labute approximate surface area is 143 Å². The van der Waals surface area contributed by atoms with E-state index in [1.54, 1.807) is 7.11 Å². The molecule has 7 nitrogen and oxygen atoms in total. The molecule has 0 radical (unpaired) electrons. The summed E-state index contributed by atoms with van der Waals surface area (Å²) in [4.78, 5) is 17.1. The number of methoxy groups -OCH3 is 1. The molecule has 1 aromatic rings. The molecule has 0 aliphatic carbocycles. The van der Waals surface area contributed by atoms with Crippen LogP contribution in [0.5, 0.6) is 0 Å². The van der Waals surface area contributed by atoms with Crippen LogP contribution in [0.25, 0.3) is 0 Å². The zero-order valence-electron chi connectivity index (χ0n) is 14.5. The maximum absolute atomic E-state index is 12.7. The van der Waals surface area contributed by atoms with Gasteiger partial charge in [-0.05, 0) is 38.1 Å². The summed E-state index contributed by atoms with van der Waals surface area (Å²) in [5.74, 6) is 0.544. The highest BCUT2D eigenvalue weighted by molar-refractivity contribution is 5.74. The molecule has 134 valence electrons. The van der Waals surface area contributed by atoms with Crippen LogP contribution in [0.15, 0.2) is 12.4 Å². The molecule has 2 aliphatic rings. The summed E-state index contributed by atoms with van der Waals surface area (Å²) >= 11 is 0. The van der Waals surface area contributed by atoms with Crippen LogP contribution < -0.4 is 5.32 Å². The number of ether oxygens (including phenoxy) is 1. The third-order valence-corrected chi connectivity index (χ3v) is 5.19. The van der Waals surface area contributed by atoms with Crippen molar-refractivity contribution in [3.8, 4) is 0 Å². The van der Waals surface area contributed by atoms with Crippen LogP contribution in [0, 0.1) is 5.92 Å². The summed E-state index contributed by atoms with van der Waals surface area (Å²) in [5, 5.41) is 10.1. The van der Waals surface area contributed by atoms with E-state index in [-0.39, 0.29) is 12.1 Å². The molecule has 0 spiro atoms. The van der Waals surface area contributed by atoms with Gasteiger partial charge in [-0.2, -0.15) is 5.10 Å². The molecule has 2 N–H and O–H groups in total. The van der Waals surface area contributed by atoms with Crippen molar-refractivity contribution in [2.45, 2.75) is 31.7 Å². The van der Waals surface area contributed by atoms with Crippen molar-refractivity contribution in [3.05, 3.63) is 18.0 Å². The van der Waals surface area contributed by atoms with Gasteiger partial charge in [0, 0.05) is 45.0 Å². The standard InChI is InChI=1S/C17H29N5O2/c1-24-9-8-21-7-5-14(13-21)10-18-17(23)22-6-3-2-4-16(22)15-11-19-20-12-15/h11-12,14,16H,2-10,13H2,1H3,(H,18,23)(H,19,20)/t14-,16-/m0/s1. The van der Waals surface area contributed by atoms with Gasteiger partial charge in [0.1, 0.15) is 0 Å². The van der Waals surface area contributed by atoms with Gasteiger partial charge >= 0.3 is 6.03 Å². The van der Waals surface area contributed by atoms with E-state index in [4.69, 9.17) is 4.74 Å². The minimum Gasteiger partial charge on any atom is -0.383 e. The quantitative estimate of drug-likeness (QED) is 0.828. The minimum absolute atomic E-state index is 0.0660. The van der Waals surface area contributed by atoms with Gasteiger partial charge in [0.2, 0.25) is 0 Å². The van der Waals surface area contributed by atoms with Crippen LogP contribution in [0.4, 0.5) is 4.79 Å². The molecular formula is C17H29N5O2. The van der Waals surface area contributed by atoms with Gasteiger partial charge < -0.3 is 19.9 Å². The molecular weight excluding hydrogens is 306 g/mol. The van der Waals surface area contributed by atoms with E-state index in [9.17, 15) is 4.79 Å². The maximum Gasteiger partial charge on any atom is 0.317 e. The van der Waals surface area contributed by atoms with Crippen LogP contribution in [0.2, 0.25) is 0 Å². The molecule has 24 heavy (non-hydrogen) atoms. The molecule has 2 fully saturated rings. The third kappa shape index (κ3) is 4.27. The van der Waals surface area contributed by atoms with E-state index in [0.29, 0.717) is 5.92 Å². The number of urea groups is 1. The van der Waals surface area contributed by atoms with Gasteiger partial charge in [0.15, 0.2) is 0 Å². The normalized spacial score (nSPS) is 25.1. The molecule has 3 heterocycles. The minimum atomic E-state index is 0.0660. The molecule has 2 saturated heterocycles. The first-order chi connectivity index (χ1) is 11.8. The SMILES string of the molecule is COCCN1CC[C@@H](CNC(=O)N2CCCC[C@H]2c2cn[nH]c2)C1. The van der Waals surface area contributed by atoms with Crippen LogP contribution in [0.3, 0.4) is 0 Å². The zero-order valence-corrected chi connectivity index (χ0v) is 14.5. The Morgan fingerprint density at radius 3 is 3.12 bits per heavy atom. The number of carbonyl (C=O) groups is 1. The van der Waals surface area contributed by atoms with Crippen molar-refractivity contribution >= 4 is 6.03 Å². The Balaban J connectivity index is 1.47. The van der Waals surface area contributed by atoms with Crippen molar-refractivity contribution in [1.29, 1.82) is 0 Å². The van der Waals surface area contributed by atoms with E-state index in [1.807, 2.05) is 17.3 Å². The predicted molar refractivity (Wildman–Crippen MR) is 91.7 cm³/mol. The second kappa shape index (κ2) is 8.48. The molecule has 0 unspecified atom stereocenters. The lowest BCUT2D eigenvalue weighted by Gasteiger charge is -2.35. The predicted octanol–water partition coefficient (Wildman–Crippen LogP) is 1.61. The molecule has 2 amide bonds. The largest absolute Gasteiger partial charge is 0.383 e. The molecule has 2 aliphatic heterocycles. The van der Waals surface area contributed by atoms with Gasteiger partial charge in [0.25, 0.3) is 0 Å². The van der Waals surface area contributed by atoms with E-state index in [2.05, 4.69) is 20.4 Å². The first kappa shape index (κ1) is 17.2. The van der Waals surface area contributed by atoms with Gasteiger partial charge in [-0.15, -0.1) is 0 Å². The number of likely N-dealkylation sites (tertiary alicyclic amines) is 2. The van der Waals surface area contributed by atoms with E-state index in [1.165, 1.54) is 0 Å². The second-order valence-corrected chi connectivity index (χ2v) is 6.87. The first-order valence-electron chi connectivity index (χ1n) is 9.02. The molecule has 3 rings (SSSR count). The summed E-state index contributed by atoms with van der Waals surface area (Å²) in [6.45, 7) is 5.50. The number of rotatable bonds is 6. The summed E-state index contributed by atoms with van der Waals surface area (Å²) < 4.78 is 5.14. The Morgan fingerprint density at radius 1 is 1.42 bits per heavy atom. The Kier molecular flexibility index (Phi) is 6.09. The summed E-state index contributed by atoms with van der Waals surface area (Å²) in [6, 6.07) is 0.218. The fourth-order valence-corrected chi connectivity index (χ4v) is 3.80. The van der Waals surface area contributed by atoms with Crippen molar-refractivity contribution in [2.24, 2.45) is 5.92 Å². The highest BCUT2D eigenvalue weighted by atomic mass is 16.5. The smallest absolute Gasteiger partial charge is 0.317 e. The number of hydrogen-bond acceptors (Lipinski definition) is 4. The van der Waals surface area contributed by atoms with E-state index >= 15 is 0 Å². The fraction of sp³-hybridized carbons (Fsp3) is 0.765. The molecule has 7 heteroatoms. The van der Waals surface area contributed by atoms with Crippen LogP contribution >= 0.6 is 0 Å². The third-order valence-electron chi connectivity index (χ3n) is 5.19. The number of carbonyl (C=O) groups excluding carboxylic acids is 1. The fourth-order valence-electron chi connectivity index (χ4n) is 3.80. The number of nitrogens with zero attached hydrogens (tertiary/aromatic N) is 3. The highest BCUT2D eigenvalue weighted by Gasteiger charge is 2.29. The lowest BCUT2D eigenvalue weighted by atomic mass is 9.98. The number of nitrogens with one attached hydrogen (secondary N) is 2. The average molecular weight is 335 g/mol. The van der Waals surface area contributed by atoms with Crippen LogP contribution in [0.1, 0.15) is 37.3 Å². The van der Waals surface area contributed by atoms with Gasteiger partial charge in [-0.3, -0.25) is 5.10 Å². The number of hydrogen-bond donors (Lipinski definition) is 2. The topological polar surface area (TPSA) is 73.5 Å². The number of aromatic amines is 1. The highest BCUT2D eigenvalue weighted by Crippen LogP contribution is 2.30. The lowest BCUT2D eigenvalue weighted by molar-refractivity contribution is 0.149. The summed E-state index contributed by atoms with van der Waals surface area (Å²) in [5.41, 5.74) is 1.11. The van der Waals surface area contributed by atoms with Crippen molar-refractivity contribution in [1.82, 2.24) is 25.3 Å². The molecule has 0 bridgehead atoms. The van der Waals surface area contributed by atoms with Crippen molar-refractivity contribution in [2.75, 3.05) is 46.4 Å². The van der Waals surface area contributed by atoms with Gasteiger partial charge in [-0.25, -0.2) is 4.79 Å². The average Bonchev–Trinajstić information content (AvgIpc) is 3.29. The van der Waals surface area contributed by atoms with Gasteiger partial charge in [0.05, 0.1) is 18.8 Å². The zero-order chi connectivity index (χ0) is 16.8. The van der Waals surface area contributed by atoms with Crippen LogP contribution in [-0.4, -0.2) is 72.5 Å². The first-order valence-corrected chi connectivity index (χ1v) is 9.02. The molecule has 0 aromatic carbocycles. The summed E-state index contributed by atoms with van der Waals surface area (Å²) in [6.07, 6.45) is 8.14. The Hall–Kier alpha value is -1.60. The Morgan fingerprint density at radius 2 is 2.33 bits per heavy atom. The molecule has 0 saturated carbocycles. The lowest BCUT2D eigenvalue weighted by Crippen LogP contribution is -2.46. The maximum atomic E-state index is 12.7. The van der Waals surface area contributed by atoms with Crippen molar-refractivity contribution < 1.29 is 9.53 Å². The Bertz CT molecular complexity index is 507. The number of aromatic nitrogens is 2. The second-order valence-electron chi connectivity index (χ2n) is 6.87. The number of piperidine rings is 1. The molecule has 1 aromatic heterocycles. The summed E-state index contributed by atoms with van der Waals surface area (Å²) in [7, 11) is 1.74. The monoisotopic (exact) mass is 335 g/mol. The van der Waals surface area contributed by atoms with Crippen LogP contribution in [-0.2, 0) is 4.74 Å². The number of H-pyrrole nitrogens is 1. The van der Waals surface area contributed by atoms with Crippen molar-refractivity contribution in [3.63, 3.8) is 0 Å². The number of amides is 2. The van der Waals surface area contributed by atoms with E-state index in [0.717, 1.165) is 70.6 Å². The van der Waals surface area contributed by atoms with E-state index < -0.39 is 0 Å². The molecule has 2 atom stereocenters. The van der Waals surface area contributed by atoms with Gasteiger partial charge in [-0.1, -0.05) is 0 Å².